The molecule has 2 aromatic rings. The van der Waals surface area contributed by atoms with Gasteiger partial charge in [0.25, 0.3) is 0 Å². The number of amides is 1. The SMILES string of the molecule is COc1cc2nc(N3CCN(C(=O)CCCNS(C)(=O)=O)CC3)nc(N)c2cc1OC. The summed E-state index contributed by atoms with van der Waals surface area (Å²) in [6, 6.07) is 3.52. The van der Waals surface area contributed by atoms with Crippen LogP contribution in [-0.2, 0) is 14.8 Å². The zero-order valence-corrected chi connectivity index (χ0v) is 18.7. The molecule has 1 aromatic carbocycles. The van der Waals surface area contributed by atoms with Crippen molar-refractivity contribution < 1.29 is 22.7 Å². The largest absolute Gasteiger partial charge is 0.493 e. The normalized spacial score (nSPS) is 14.7. The van der Waals surface area contributed by atoms with Crippen molar-refractivity contribution in [3.63, 3.8) is 0 Å². The van der Waals surface area contributed by atoms with Crippen molar-refractivity contribution in [1.82, 2.24) is 19.6 Å². The Morgan fingerprint density at radius 2 is 1.77 bits per heavy atom. The van der Waals surface area contributed by atoms with Crippen molar-refractivity contribution in [2.45, 2.75) is 12.8 Å². The lowest BCUT2D eigenvalue weighted by Gasteiger charge is -2.35. The molecule has 0 aliphatic carbocycles. The van der Waals surface area contributed by atoms with Gasteiger partial charge in [-0.3, -0.25) is 4.79 Å². The van der Waals surface area contributed by atoms with Gasteiger partial charge in [0, 0.05) is 50.6 Å². The standard InChI is InChI=1S/C19H28N6O5S/c1-29-15-11-13-14(12-16(15)30-2)22-19(23-18(13)20)25-9-7-24(8-10-25)17(26)5-4-6-21-31(3,27)28/h11-12,21H,4-10H2,1-3H3,(H2,20,22,23). The maximum Gasteiger partial charge on any atom is 0.228 e. The zero-order chi connectivity index (χ0) is 22.6. The minimum atomic E-state index is -3.23. The summed E-state index contributed by atoms with van der Waals surface area (Å²) in [4.78, 5) is 25.2. The molecule has 3 N–H and O–H groups in total. The van der Waals surface area contributed by atoms with Crippen LogP contribution in [0.15, 0.2) is 12.1 Å². The molecule has 170 valence electrons. The lowest BCUT2D eigenvalue weighted by molar-refractivity contribution is -0.131. The molecule has 0 spiro atoms. The van der Waals surface area contributed by atoms with Crippen molar-refractivity contribution in [3.8, 4) is 11.5 Å². The van der Waals surface area contributed by atoms with Gasteiger partial charge >= 0.3 is 0 Å². The van der Waals surface area contributed by atoms with Gasteiger partial charge in [0.05, 0.1) is 26.0 Å². The Morgan fingerprint density at radius 1 is 1.13 bits per heavy atom. The van der Waals surface area contributed by atoms with E-state index in [4.69, 9.17) is 15.2 Å². The predicted molar refractivity (Wildman–Crippen MR) is 118 cm³/mol. The van der Waals surface area contributed by atoms with E-state index in [-0.39, 0.29) is 12.5 Å². The highest BCUT2D eigenvalue weighted by Crippen LogP contribution is 2.34. The zero-order valence-electron chi connectivity index (χ0n) is 17.9. The number of nitrogens with two attached hydrogens (primary N) is 1. The molecule has 12 heteroatoms. The van der Waals surface area contributed by atoms with Crippen LogP contribution in [0.25, 0.3) is 10.9 Å². The summed E-state index contributed by atoms with van der Waals surface area (Å²) in [5.41, 5.74) is 6.82. The monoisotopic (exact) mass is 452 g/mol. The molecule has 1 aromatic heterocycles. The molecule has 1 amide bonds. The van der Waals surface area contributed by atoms with Crippen LogP contribution < -0.4 is 24.8 Å². The van der Waals surface area contributed by atoms with Gasteiger partial charge < -0.3 is 25.0 Å². The molecule has 11 nitrogen and oxygen atoms in total. The number of carbonyl (C=O) groups is 1. The van der Waals surface area contributed by atoms with Gasteiger partial charge in [0.2, 0.25) is 21.9 Å². The molecule has 3 rings (SSSR count). The summed E-state index contributed by atoms with van der Waals surface area (Å²) < 4.78 is 35.2. The molecular weight excluding hydrogens is 424 g/mol. The maximum atomic E-state index is 12.4. The summed E-state index contributed by atoms with van der Waals surface area (Å²) in [5.74, 6) is 1.96. The Kier molecular flexibility index (Phi) is 7.01. The number of piperazine rings is 1. The highest BCUT2D eigenvalue weighted by atomic mass is 32.2. The van der Waals surface area contributed by atoms with Crippen LogP contribution in [0.3, 0.4) is 0 Å². The maximum absolute atomic E-state index is 12.4. The molecule has 2 heterocycles. The number of hydrogen-bond donors (Lipinski definition) is 2. The van der Waals surface area contributed by atoms with Crippen molar-refractivity contribution in [2.24, 2.45) is 0 Å². The van der Waals surface area contributed by atoms with Crippen LogP contribution in [-0.4, -0.2) is 82.4 Å². The van der Waals surface area contributed by atoms with E-state index < -0.39 is 10.0 Å². The van der Waals surface area contributed by atoms with Crippen LogP contribution >= 0.6 is 0 Å². The first-order valence-corrected chi connectivity index (χ1v) is 11.8. The van der Waals surface area contributed by atoms with Gasteiger partial charge in [-0.2, -0.15) is 4.98 Å². The number of sulfonamides is 1. The molecule has 1 saturated heterocycles. The topological polar surface area (TPSA) is 140 Å². The number of anilines is 2. The lowest BCUT2D eigenvalue weighted by Crippen LogP contribution is -2.49. The Morgan fingerprint density at radius 3 is 2.39 bits per heavy atom. The quantitative estimate of drug-likeness (QED) is 0.538. The first-order chi connectivity index (χ1) is 14.7. The van der Waals surface area contributed by atoms with Gasteiger partial charge in [0.1, 0.15) is 5.82 Å². The number of ether oxygens (including phenoxy) is 2. The van der Waals surface area contributed by atoms with Crippen LogP contribution in [0.4, 0.5) is 11.8 Å². The fourth-order valence-corrected chi connectivity index (χ4v) is 3.93. The number of rotatable bonds is 8. The van der Waals surface area contributed by atoms with E-state index in [0.29, 0.717) is 73.2 Å². The number of nitrogens with zero attached hydrogens (tertiary/aromatic N) is 4. The summed E-state index contributed by atoms with van der Waals surface area (Å²) in [6.45, 7) is 2.47. The molecule has 0 unspecified atom stereocenters. The Balaban J connectivity index is 1.63. The van der Waals surface area contributed by atoms with Crippen LogP contribution in [0.5, 0.6) is 11.5 Å². The molecule has 1 aliphatic heterocycles. The highest BCUT2D eigenvalue weighted by molar-refractivity contribution is 7.88. The van der Waals surface area contributed by atoms with E-state index in [9.17, 15) is 13.2 Å². The summed E-state index contributed by atoms with van der Waals surface area (Å²) in [6.07, 6.45) is 1.85. The molecule has 31 heavy (non-hydrogen) atoms. The van der Waals surface area contributed by atoms with Gasteiger partial charge in [-0.1, -0.05) is 0 Å². The first kappa shape index (κ1) is 22.8. The van der Waals surface area contributed by atoms with Crippen LogP contribution in [0.2, 0.25) is 0 Å². The third-order valence-corrected chi connectivity index (χ3v) is 5.79. The van der Waals surface area contributed by atoms with Crippen molar-refractivity contribution in [2.75, 3.05) is 63.8 Å². The summed E-state index contributed by atoms with van der Waals surface area (Å²) in [7, 11) is -0.121. The van der Waals surface area contributed by atoms with Crippen molar-refractivity contribution >= 4 is 38.6 Å². The van der Waals surface area contributed by atoms with Crippen LogP contribution in [0.1, 0.15) is 12.8 Å². The molecule has 1 aliphatic rings. The third-order valence-electron chi connectivity index (χ3n) is 5.07. The Hall–Kier alpha value is -2.86. The molecule has 0 saturated carbocycles. The number of hydrogen-bond acceptors (Lipinski definition) is 9. The number of carbonyl (C=O) groups excluding carboxylic acids is 1. The van der Waals surface area contributed by atoms with E-state index in [1.165, 1.54) is 0 Å². The lowest BCUT2D eigenvalue weighted by atomic mass is 10.2. The average Bonchev–Trinajstić information content (AvgIpc) is 2.75. The molecule has 0 bridgehead atoms. The predicted octanol–water partition coefficient (Wildman–Crippen LogP) is 0.207. The fourth-order valence-electron chi connectivity index (χ4n) is 3.42. The number of aromatic nitrogens is 2. The van der Waals surface area contributed by atoms with Gasteiger partial charge in [0.15, 0.2) is 11.5 Å². The average molecular weight is 453 g/mol. The number of benzene rings is 1. The second kappa shape index (κ2) is 9.52. The van der Waals surface area contributed by atoms with Crippen LogP contribution in [0, 0.1) is 0 Å². The number of fused-ring (bicyclic) bond motifs is 1. The minimum absolute atomic E-state index is 0.00530. The number of nitrogen functional groups attached to an aromatic ring is 1. The smallest absolute Gasteiger partial charge is 0.228 e. The van der Waals surface area contributed by atoms with Gasteiger partial charge in [-0.25, -0.2) is 18.1 Å². The molecule has 0 atom stereocenters. The van der Waals surface area contributed by atoms with E-state index >= 15 is 0 Å². The first-order valence-electron chi connectivity index (χ1n) is 9.88. The van der Waals surface area contributed by atoms with E-state index in [0.717, 1.165) is 6.26 Å². The number of methoxy groups -OCH3 is 2. The van der Waals surface area contributed by atoms with E-state index in [2.05, 4.69) is 14.7 Å². The minimum Gasteiger partial charge on any atom is -0.493 e. The fraction of sp³-hybridized carbons (Fsp3) is 0.526. The van der Waals surface area contributed by atoms with Gasteiger partial charge in [-0.05, 0) is 12.5 Å². The number of nitrogens with one attached hydrogen (secondary N) is 1. The summed E-state index contributed by atoms with van der Waals surface area (Å²) >= 11 is 0. The van der Waals surface area contributed by atoms with Gasteiger partial charge in [-0.15, -0.1) is 0 Å². The summed E-state index contributed by atoms with van der Waals surface area (Å²) in [5, 5.41) is 0.679. The van der Waals surface area contributed by atoms with Crippen molar-refractivity contribution in [1.29, 1.82) is 0 Å². The van der Waals surface area contributed by atoms with Crippen molar-refractivity contribution in [3.05, 3.63) is 12.1 Å². The Bertz CT molecular complexity index is 1050. The second-order valence-electron chi connectivity index (χ2n) is 7.27. The highest BCUT2D eigenvalue weighted by Gasteiger charge is 2.23. The van der Waals surface area contributed by atoms with E-state index in [1.807, 2.05) is 4.90 Å². The molecule has 1 fully saturated rings. The molecular formula is C19H28N6O5S. The second-order valence-corrected chi connectivity index (χ2v) is 9.10. The van der Waals surface area contributed by atoms with E-state index in [1.54, 1.807) is 31.3 Å². The Labute approximate surface area is 181 Å². The molecule has 0 radical (unpaired) electrons. The third kappa shape index (κ3) is 5.64.